The van der Waals surface area contributed by atoms with Gasteiger partial charge in [0.05, 0.1) is 5.69 Å². The van der Waals surface area contributed by atoms with Crippen molar-refractivity contribution in [2.75, 3.05) is 18.6 Å². The van der Waals surface area contributed by atoms with Gasteiger partial charge < -0.3 is 10.1 Å². The van der Waals surface area contributed by atoms with Crippen molar-refractivity contribution in [3.05, 3.63) is 29.3 Å². The third-order valence-corrected chi connectivity index (χ3v) is 3.02. The molecule has 0 unspecified atom stereocenters. The fourth-order valence-corrected chi connectivity index (χ4v) is 2.19. The summed E-state index contributed by atoms with van der Waals surface area (Å²) >= 11 is 0. The first-order valence-electron chi connectivity index (χ1n) is 6.33. The van der Waals surface area contributed by atoms with Crippen LogP contribution in [0.3, 0.4) is 0 Å². The zero-order valence-electron chi connectivity index (χ0n) is 11.2. The van der Waals surface area contributed by atoms with E-state index in [1.807, 2.05) is 19.2 Å². The van der Waals surface area contributed by atoms with Gasteiger partial charge in [0.1, 0.15) is 5.60 Å². The van der Waals surface area contributed by atoms with Gasteiger partial charge in [0.15, 0.2) is 0 Å². The van der Waals surface area contributed by atoms with Gasteiger partial charge in [-0.05, 0) is 44.4 Å². The van der Waals surface area contributed by atoms with Crippen molar-refractivity contribution in [1.29, 1.82) is 0 Å². The van der Waals surface area contributed by atoms with Crippen LogP contribution in [0.1, 0.15) is 31.4 Å². The second-order valence-electron chi connectivity index (χ2n) is 5.09. The minimum Gasteiger partial charge on any atom is -0.378 e. The van der Waals surface area contributed by atoms with Crippen molar-refractivity contribution in [3.8, 4) is 11.8 Å². The third-order valence-electron chi connectivity index (χ3n) is 3.02. The molecule has 0 spiro atoms. The van der Waals surface area contributed by atoms with Crippen LogP contribution in [-0.4, -0.2) is 24.3 Å². The molecule has 1 aliphatic heterocycles. The van der Waals surface area contributed by atoms with Crippen LogP contribution in [0, 0.1) is 11.8 Å². The Labute approximate surface area is 109 Å². The number of benzene rings is 1. The van der Waals surface area contributed by atoms with Crippen LogP contribution >= 0.6 is 0 Å². The van der Waals surface area contributed by atoms with Crippen LogP contribution in [0.25, 0.3) is 0 Å². The van der Waals surface area contributed by atoms with E-state index in [-0.39, 0.29) is 0 Å². The SMILES string of the molecule is CNN1CCCc2c(C#CC(C)(C)O)cccc21. The summed E-state index contributed by atoms with van der Waals surface area (Å²) in [6.07, 6.45) is 2.17. The first kappa shape index (κ1) is 12.9. The predicted octanol–water partition coefficient (Wildman–Crippen LogP) is 1.70. The molecule has 96 valence electrons. The average Bonchev–Trinajstić information content (AvgIpc) is 2.34. The van der Waals surface area contributed by atoms with Gasteiger partial charge in [-0.25, -0.2) is 5.43 Å². The number of fused-ring (bicyclic) bond motifs is 1. The number of nitrogens with one attached hydrogen (secondary N) is 1. The molecular formula is C15H20N2O. The molecule has 0 atom stereocenters. The van der Waals surface area contributed by atoms with E-state index in [9.17, 15) is 5.11 Å². The molecule has 0 aromatic heterocycles. The lowest BCUT2D eigenvalue weighted by Gasteiger charge is -2.30. The van der Waals surface area contributed by atoms with E-state index in [1.165, 1.54) is 11.3 Å². The first-order chi connectivity index (χ1) is 8.51. The second kappa shape index (κ2) is 5.01. The lowest BCUT2D eigenvalue weighted by molar-refractivity contribution is 0.143. The van der Waals surface area contributed by atoms with Gasteiger partial charge in [-0.3, -0.25) is 0 Å². The first-order valence-corrected chi connectivity index (χ1v) is 6.33. The normalized spacial score (nSPS) is 14.8. The molecule has 0 bridgehead atoms. The summed E-state index contributed by atoms with van der Waals surface area (Å²) in [5.74, 6) is 5.99. The smallest absolute Gasteiger partial charge is 0.120 e. The van der Waals surface area contributed by atoms with Crippen LogP contribution in [0.2, 0.25) is 0 Å². The zero-order chi connectivity index (χ0) is 13.2. The quantitative estimate of drug-likeness (QED) is 0.738. The molecule has 0 fully saturated rings. The number of hydrogen-bond acceptors (Lipinski definition) is 3. The summed E-state index contributed by atoms with van der Waals surface area (Å²) < 4.78 is 0. The largest absolute Gasteiger partial charge is 0.378 e. The lowest BCUT2D eigenvalue weighted by atomic mass is 9.97. The molecule has 1 aromatic rings. The van der Waals surface area contributed by atoms with Gasteiger partial charge in [0, 0.05) is 19.2 Å². The Hall–Kier alpha value is -1.50. The highest BCUT2D eigenvalue weighted by Crippen LogP contribution is 2.28. The molecule has 0 saturated carbocycles. The second-order valence-corrected chi connectivity index (χ2v) is 5.09. The summed E-state index contributed by atoms with van der Waals surface area (Å²) in [6, 6.07) is 6.15. The Bertz CT molecular complexity index is 491. The summed E-state index contributed by atoms with van der Waals surface area (Å²) in [5.41, 5.74) is 5.75. The van der Waals surface area contributed by atoms with Crippen molar-refractivity contribution in [2.45, 2.75) is 32.3 Å². The highest BCUT2D eigenvalue weighted by Gasteiger charge is 2.17. The van der Waals surface area contributed by atoms with Crippen molar-refractivity contribution in [3.63, 3.8) is 0 Å². The molecule has 0 aliphatic carbocycles. The number of hydrazine groups is 1. The maximum Gasteiger partial charge on any atom is 0.120 e. The molecule has 2 rings (SSSR count). The van der Waals surface area contributed by atoms with Crippen molar-refractivity contribution >= 4 is 5.69 Å². The summed E-state index contributed by atoms with van der Waals surface area (Å²) in [4.78, 5) is 0. The number of rotatable bonds is 1. The van der Waals surface area contributed by atoms with Crippen LogP contribution in [0.15, 0.2) is 18.2 Å². The Kier molecular flexibility index (Phi) is 3.60. The van der Waals surface area contributed by atoms with Crippen LogP contribution < -0.4 is 10.4 Å². The summed E-state index contributed by atoms with van der Waals surface area (Å²) in [7, 11) is 1.93. The minimum atomic E-state index is -0.944. The van der Waals surface area contributed by atoms with Gasteiger partial charge in [-0.1, -0.05) is 17.9 Å². The Balaban J connectivity index is 2.41. The van der Waals surface area contributed by atoms with Gasteiger partial charge in [0.2, 0.25) is 0 Å². The zero-order valence-corrected chi connectivity index (χ0v) is 11.2. The van der Waals surface area contributed by atoms with E-state index in [0.717, 1.165) is 24.9 Å². The van der Waals surface area contributed by atoms with Crippen LogP contribution in [0.4, 0.5) is 5.69 Å². The molecule has 0 saturated heterocycles. The lowest BCUT2D eigenvalue weighted by Crippen LogP contribution is -2.39. The number of hydrogen-bond donors (Lipinski definition) is 2. The standard InChI is InChI=1S/C15H20N2O/c1-15(2,18)10-9-12-6-4-8-14-13(12)7-5-11-17(14)16-3/h4,6,8,16,18H,5,7,11H2,1-3H3. The predicted molar refractivity (Wildman–Crippen MR) is 74.3 cm³/mol. The van der Waals surface area contributed by atoms with Gasteiger partial charge in [0.25, 0.3) is 0 Å². The van der Waals surface area contributed by atoms with Gasteiger partial charge in [-0.2, -0.15) is 0 Å². The fraction of sp³-hybridized carbons (Fsp3) is 0.467. The minimum absolute atomic E-state index is 0.944. The number of anilines is 1. The molecule has 3 heteroatoms. The Morgan fingerprint density at radius 1 is 1.39 bits per heavy atom. The van der Waals surface area contributed by atoms with Crippen molar-refractivity contribution in [2.24, 2.45) is 0 Å². The molecule has 1 aromatic carbocycles. The monoisotopic (exact) mass is 244 g/mol. The molecule has 0 radical (unpaired) electrons. The highest BCUT2D eigenvalue weighted by molar-refractivity contribution is 5.61. The molecule has 1 heterocycles. The molecule has 0 amide bonds. The Morgan fingerprint density at radius 2 is 2.17 bits per heavy atom. The third kappa shape index (κ3) is 2.84. The van der Waals surface area contributed by atoms with E-state index in [0.29, 0.717) is 0 Å². The number of nitrogens with zero attached hydrogens (tertiary/aromatic N) is 1. The van der Waals surface area contributed by atoms with Crippen molar-refractivity contribution < 1.29 is 5.11 Å². The molecule has 2 N–H and O–H groups in total. The van der Waals surface area contributed by atoms with Crippen LogP contribution in [0.5, 0.6) is 0 Å². The Morgan fingerprint density at radius 3 is 2.83 bits per heavy atom. The maximum absolute atomic E-state index is 9.68. The van der Waals surface area contributed by atoms with Gasteiger partial charge >= 0.3 is 0 Å². The van der Waals surface area contributed by atoms with E-state index in [1.54, 1.807) is 13.8 Å². The average molecular weight is 244 g/mol. The molecular weight excluding hydrogens is 224 g/mol. The topological polar surface area (TPSA) is 35.5 Å². The van der Waals surface area contributed by atoms with E-state index < -0.39 is 5.60 Å². The highest BCUT2D eigenvalue weighted by atomic mass is 16.3. The van der Waals surface area contributed by atoms with Crippen molar-refractivity contribution in [1.82, 2.24) is 5.43 Å². The fourth-order valence-electron chi connectivity index (χ4n) is 2.19. The van der Waals surface area contributed by atoms with Crippen LogP contribution in [-0.2, 0) is 6.42 Å². The molecule has 18 heavy (non-hydrogen) atoms. The molecule has 3 nitrogen and oxygen atoms in total. The van der Waals surface area contributed by atoms with Gasteiger partial charge in [-0.15, -0.1) is 0 Å². The van der Waals surface area contributed by atoms with E-state index >= 15 is 0 Å². The van der Waals surface area contributed by atoms with E-state index in [4.69, 9.17) is 0 Å². The molecule has 1 aliphatic rings. The maximum atomic E-state index is 9.68. The summed E-state index contributed by atoms with van der Waals surface area (Å²) in [5, 5.41) is 11.8. The number of aliphatic hydroxyl groups is 1. The van der Waals surface area contributed by atoms with E-state index in [2.05, 4.69) is 28.3 Å². The summed E-state index contributed by atoms with van der Waals surface area (Å²) in [6.45, 7) is 4.43.